The Hall–Kier alpha value is -1.18. The van der Waals surface area contributed by atoms with Crippen LogP contribution in [0.4, 0.5) is 0 Å². The maximum atomic E-state index is 11.0. The van der Waals surface area contributed by atoms with E-state index in [9.17, 15) is 4.79 Å². The van der Waals surface area contributed by atoms with Gasteiger partial charge in [0.05, 0.1) is 12.6 Å². The van der Waals surface area contributed by atoms with Crippen molar-refractivity contribution in [2.24, 2.45) is 0 Å². The molecule has 0 spiro atoms. The van der Waals surface area contributed by atoms with Gasteiger partial charge in [-0.1, -0.05) is 25.4 Å². The average molecular weight is 375 g/mol. The number of carbonyl (C=O) groups is 1. The number of carboxylic acid groups (broad SMARTS) is 1. The minimum Gasteiger partial charge on any atom is -0.480 e. The molecule has 1 saturated heterocycles. The number of piperidine rings is 1. The highest BCUT2D eigenvalue weighted by atomic mass is 35.5. The number of aliphatic carboxylic acids is 1. The summed E-state index contributed by atoms with van der Waals surface area (Å²) in [4.78, 5) is 19.9. The molecule has 0 aromatic carbocycles. The molecular formula is C17H31ClN4O3. The average Bonchev–Trinajstić information content (AvgIpc) is 3.06. The number of aromatic nitrogens is 2. The lowest BCUT2D eigenvalue weighted by molar-refractivity contribution is -0.139. The first-order valence-electron chi connectivity index (χ1n) is 9.07. The Kier molecular flexibility index (Phi) is 9.38. The van der Waals surface area contributed by atoms with Crippen molar-refractivity contribution < 1.29 is 14.4 Å². The number of unbranched alkanes of at least 4 members (excludes halogenated alkanes) is 1. The second-order valence-electron chi connectivity index (χ2n) is 6.55. The number of rotatable bonds is 9. The molecular weight excluding hydrogens is 344 g/mol. The van der Waals surface area contributed by atoms with Gasteiger partial charge in [0, 0.05) is 25.6 Å². The molecule has 1 N–H and O–H groups in total. The Morgan fingerprint density at radius 1 is 1.40 bits per heavy atom. The first-order chi connectivity index (χ1) is 11.5. The van der Waals surface area contributed by atoms with Crippen LogP contribution in [0.1, 0.15) is 64.2 Å². The van der Waals surface area contributed by atoms with Gasteiger partial charge in [0.25, 0.3) is 0 Å². The summed E-state index contributed by atoms with van der Waals surface area (Å²) in [5.74, 6) is 0.739. The number of nitrogens with zero attached hydrogens (tertiary/aromatic N) is 4. The lowest BCUT2D eigenvalue weighted by Crippen LogP contribution is -2.47. The monoisotopic (exact) mass is 374 g/mol. The van der Waals surface area contributed by atoms with E-state index in [-0.39, 0.29) is 25.0 Å². The maximum absolute atomic E-state index is 11.0. The second kappa shape index (κ2) is 10.7. The van der Waals surface area contributed by atoms with Crippen LogP contribution in [0.5, 0.6) is 0 Å². The zero-order valence-corrected chi connectivity index (χ0v) is 16.3. The van der Waals surface area contributed by atoms with Crippen LogP contribution in [0.2, 0.25) is 0 Å². The summed E-state index contributed by atoms with van der Waals surface area (Å²) in [6.07, 6.45) is 5.02. The standard InChI is InChI=1S/C17H30N4O3.ClH/c1-4-6-7-15-18-17(24-19-15)13(3)21-10-8-14(9-11-21)20(5-2)12-16(22)23;/h13-14H,4-12H2,1-3H3,(H,22,23);1H. The molecule has 1 aromatic heterocycles. The highest BCUT2D eigenvalue weighted by Crippen LogP contribution is 2.25. The van der Waals surface area contributed by atoms with E-state index in [1.165, 1.54) is 0 Å². The molecule has 144 valence electrons. The van der Waals surface area contributed by atoms with Gasteiger partial charge in [-0.25, -0.2) is 0 Å². The smallest absolute Gasteiger partial charge is 0.317 e. The van der Waals surface area contributed by atoms with Gasteiger partial charge >= 0.3 is 5.97 Å². The van der Waals surface area contributed by atoms with Crippen molar-refractivity contribution in [2.45, 2.75) is 65.0 Å². The number of carboxylic acids is 1. The number of likely N-dealkylation sites (N-methyl/N-ethyl adjacent to an activating group) is 1. The molecule has 1 unspecified atom stereocenters. The maximum Gasteiger partial charge on any atom is 0.317 e. The fourth-order valence-corrected chi connectivity index (χ4v) is 3.34. The van der Waals surface area contributed by atoms with E-state index in [1.807, 2.05) is 6.92 Å². The number of likely N-dealkylation sites (tertiary alicyclic amines) is 1. The fourth-order valence-electron chi connectivity index (χ4n) is 3.34. The SMILES string of the molecule is CCCCc1noc(C(C)N2CCC(N(CC)CC(=O)O)CC2)n1.Cl. The van der Waals surface area contributed by atoms with E-state index in [1.54, 1.807) is 0 Å². The van der Waals surface area contributed by atoms with Gasteiger partial charge in [-0.2, -0.15) is 4.98 Å². The van der Waals surface area contributed by atoms with Crippen LogP contribution >= 0.6 is 12.4 Å². The quantitative estimate of drug-likeness (QED) is 0.711. The van der Waals surface area contributed by atoms with Gasteiger partial charge in [-0.3, -0.25) is 14.6 Å². The minimum absolute atomic E-state index is 0. The van der Waals surface area contributed by atoms with Gasteiger partial charge in [-0.15, -0.1) is 12.4 Å². The molecule has 0 radical (unpaired) electrons. The number of hydrogen-bond donors (Lipinski definition) is 1. The summed E-state index contributed by atoms with van der Waals surface area (Å²) in [5.41, 5.74) is 0. The highest BCUT2D eigenvalue weighted by Gasteiger charge is 2.29. The van der Waals surface area contributed by atoms with Crippen molar-refractivity contribution in [1.29, 1.82) is 0 Å². The summed E-state index contributed by atoms with van der Waals surface area (Å²) < 4.78 is 5.43. The summed E-state index contributed by atoms with van der Waals surface area (Å²) in [6, 6.07) is 0.459. The van der Waals surface area contributed by atoms with Crippen molar-refractivity contribution in [3.05, 3.63) is 11.7 Å². The largest absolute Gasteiger partial charge is 0.480 e. The molecule has 1 aromatic rings. The normalized spacial score (nSPS) is 17.4. The molecule has 8 heteroatoms. The van der Waals surface area contributed by atoms with Gasteiger partial charge < -0.3 is 9.63 Å². The van der Waals surface area contributed by atoms with Crippen molar-refractivity contribution in [1.82, 2.24) is 19.9 Å². The Morgan fingerprint density at radius 3 is 2.64 bits per heavy atom. The van der Waals surface area contributed by atoms with E-state index in [2.05, 4.69) is 33.8 Å². The first kappa shape index (κ1) is 21.9. The van der Waals surface area contributed by atoms with Crippen molar-refractivity contribution in [3.8, 4) is 0 Å². The molecule has 0 amide bonds. The van der Waals surface area contributed by atoms with E-state index in [4.69, 9.17) is 9.63 Å². The van der Waals surface area contributed by atoms with E-state index >= 15 is 0 Å². The third-order valence-corrected chi connectivity index (χ3v) is 4.90. The van der Waals surface area contributed by atoms with Gasteiger partial charge in [-0.05, 0) is 32.7 Å². The molecule has 0 aliphatic carbocycles. The van der Waals surface area contributed by atoms with Crippen LogP contribution in [0.3, 0.4) is 0 Å². The molecule has 1 aliphatic heterocycles. The van der Waals surface area contributed by atoms with Crippen LogP contribution in [0.25, 0.3) is 0 Å². The van der Waals surface area contributed by atoms with Crippen LogP contribution in [0, 0.1) is 0 Å². The van der Waals surface area contributed by atoms with Gasteiger partial charge in [0.1, 0.15) is 0 Å². The Morgan fingerprint density at radius 2 is 2.08 bits per heavy atom. The van der Waals surface area contributed by atoms with Crippen molar-refractivity contribution in [3.63, 3.8) is 0 Å². The molecule has 7 nitrogen and oxygen atoms in total. The van der Waals surface area contributed by atoms with Crippen molar-refractivity contribution >= 4 is 18.4 Å². The topological polar surface area (TPSA) is 82.7 Å². The Labute approximate surface area is 156 Å². The second-order valence-corrected chi connectivity index (χ2v) is 6.55. The molecule has 0 saturated carbocycles. The van der Waals surface area contributed by atoms with Gasteiger partial charge in [0.2, 0.25) is 5.89 Å². The fraction of sp³-hybridized carbons (Fsp3) is 0.824. The molecule has 1 aliphatic rings. The molecule has 1 fully saturated rings. The van der Waals surface area contributed by atoms with Gasteiger partial charge in [0.15, 0.2) is 5.82 Å². The Bertz CT molecular complexity index is 518. The number of hydrogen-bond acceptors (Lipinski definition) is 6. The van der Waals surface area contributed by atoms with Crippen molar-refractivity contribution in [2.75, 3.05) is 26.2 Å². The van der Waals surface area contributed by atoms with E-state index in [0.717, 1.165) is 57.6 Å². The van der Waals surface area contributed by atoms with Crippen LogP contribution in [-0.4, -0.2) is 63.2 Å². The lowest BCUT2D eigenvalue weighted by Gasteiger charge is -2.39. The zero-order valence-electron chi connectivity index (χ0n) is 15.5. The lowest BCUT2D eigenvalue weighted by atomic mass is 10.0. The predicted molar refractivity (Wildman–Crippen MR) is 98.1 cm³/mol. The zero-order chi connectivity index (χ0) is 17.5. The van der Waals surface area contributed by atoms with Crippen LogP contribution in [-0.2, 0) is 11.2 Å². The van der Waals surface area contributed by atoms with Crippen LogP contribution in [0.15, 0.2) is 4.52 Å². The first-order valence-corrected chi connectivity index (χ1v) is 9.07. The molecule has 1 atom stereocenters. The minimum atomic E-state index is -0.752. The summed E-state index contributed by atoms with van der Waals surface area (Å²) >= 11 is 0. The molecule has 25 heavy (non-hydrogen) atoms. The number of aryl methyl sites for hydroxylation is 1. The highest BCUT2D eigenvalue weighted by molar-refractivity contribution is 5.85. The van der Waals surface area contributed by atoms with E-state index < -0.39 is 5.97 Å². The van der Waals surface area contributed by atoms with E-state index in [0.29, 0.717) is 11.9 Å². The molecule has 2 rings (SSSR count). The third-order valence-electron chi connectivity index (χ3n) is 4.90. The predicted octanol–water partition coefficient (Wildman–Crippen LogP) is 2.77. The van der Waals surface area contributed by atoms with Crippen LogP contribution < -0.4 is 0 Å². The Balaban J connectivity index is 0.00000312. The molecule has 2 heterocycles. The third kappa shape index (κ3) is 6.24. The summed E-state index contributed by atoms with van der Waals surface area (Å²) in [6.45, 7) is 9.03. The molecule has 0 bridgehead atoms. The number of halogens is 1. The summed E-state index contributed by atoms with van der Waals surface area (Å²) in [7, 11) is 0. The summed E-state index contributed by atoms with van der Waals surface area (Å²) in [5, 5.41) is 13.1.